The minimum Gasteiger partial charge on any atom is -0.508 e. The molecule has 5 N–H and O–H groups in total. The van der Waals surface area contributed by atoms with Crippen LogP contribution >= 0.6 is 0 Å². The summed E-state index contributed by atoms with van der Waals surface area (Å²) < 4.78 is 61.5. The fraction of sp³-hybridized carbons (Fsp3) is 0.474. The predicted molar refractivity (Wildman–Crippen MR) is 189 cm³/mol. The van der Waals surface area contributed by atoms with Gasteiger partial charge in [-0.15, -0.1) is 0 Å². The number of benzene rings is 3. The highest BCUT2D eigenvalue weighted by molar-refractivity contribution is 7.92. The second kappa shape index (κ2) is 17.4. The largest absolute Gasteiger partial charge is 0.508 e. The van der Waals surface area contributed by atoms with E-state index in [9.17, 15) is 31.9 Å². The number of ether oxygens (including phenoxy) is 1. The third-order valence-corrected chi connectivity index (χ3v) is 11.5. The fourth-order valence-corrected chi connectivity index (χ4v) is 8.44. The number of esters is 1. The fourth-order valence-electron chi connectivity index (χ4n) is 6.29. The van der Waals surface area contributed by atoms with Gasteiger partial charge in [0.25, 0.3) is 5.91 Å². The van der Waals surface area contributed by atoms with Crippen LogP contribution in [-0.2, 0) is 37.7 Å². The normalized spacial score (nSPS) is 15.7. The van der Waals surface area contributed by atoms with Crippen molar-refractivity contribution < 1.29 is 36.6 Å². The third-order valence-electron chi connectivity index (χ3n) is 9.24. The number of phenols is 1. The van der Waals surface area contributed by atoms with E-state index >= 15 is 0 Å². The molecule has 0 spiro atoms. The van der Waals surface area contributed by atoms with Crippen molar-refractivity contribution in [2.75, 3.05) is 12.3 Å². The number of rotatable bonds is 19. The molecule has 0 aliphatic heterocycles. The molecule has 9 nitrogen and oxygen atoms in total. The van der Waals surface area contributed by atoms with Crippen LogP contribution in [0.4, 0.5) is 8.78 Å². The number of carbonyl (C=O) groups is 2. The molecular formula is C38H49F2N3O6S. The highest BCUT2D eigenvalue weighted by atomic mass is 32.2. The number of sulfone groups is 1. The van der Waals surface area contributed by atoms with Crippen molar-refractivity contribution in [1.82, 2.24) is 10.6 Å². The Morgan fingerprint density at radius 1 is 0.940 bits per heavy atom. The van der Waals surface area contributed by atoms with E-state index in [0.29, 0.717) is 25.7 Å². The maximum atomic E-state index is 14.1. The van der Waals surface area contributed by atoms with Crippen LogP contribution in [0.2, 0.25) is 0 Å². The first-order chi connectivity index (χ1) is 23.8. The Morgan fingerprint density at radius 2 is 1.60 bits per heavy atom. The van der Waals surface area contributed by atoms with E-state index < -0.39 is 62.5 Å². The van der Waals surface area contributed by atoms with Gasteiger partial charge in [0, 0.05) is 29.8 Å². The third kappa shape index (κ3) is 10.6. The first-order valence-corrected chi connectivity index (χ1v) is 19.1. The van der Waals surface area contributed by atoms with Crippen LogP contribution in [0.25, 0.3) is 0 Å². The van der Waals surface area contributed by atoms with Gasteiger partial charge in [0.05, 0.1) is 11.0 Å². The lowest BCUT2D eigenvalue weighted by atomic mass is 9.98. The van der Waals surface area contributed by atoms with Gasteiger partial charge in [-0.1, -0.05) is 63.9 Å². The molecule has 1 fully saturated rings. The molecule has 4 rings (SSSR count). The zero-order chi connectivity index (χ0) is 36.5. The van der Waals surface area contributed by atoms with Crippen LogP contribution in [0, 0.1) is 11.6 Å². The number of hydrogen-bond acceptors (Lipinski definition) is 8. The molecule has 0 bridgehead atoms. The lowest BCUT2D eigenvalue weighted by Crippen LogP contribution is -2.53. The number of aryl methyl sites for hydroxylation is 1. The topological polar surface area (TPSA) is 148 Å². The molecule has 272 valence electrons. The molecular weight excluding hydrogens is 664 g/mol. The maximum Gasteiger partial charge on any atom is 0.330 e. The standard InChI is InChI=1S/C38H49F2N3O6S/c1-4-9-32(10-5-2)50(47,48)24-34(43-36(45)27-12-8-14-31(44)21-27)37(46)49-35(33(41)20-26-18-29(39)22-30(40)19-26)23-42-38(15-16-38)28-13-7-11-25(6-3)17-28/h7-8,11-14,17-19,21-22,32-35,42,44H,4-6,9-10,15-16,20,23-24,41H2,1-3H3,(H,43,45)/t33-,34-,35+/m0/s1. The molecule has 1 aliphatic carbocycles. The lowest BCUT2D eigenvalue weighted by molar-refractivity contribution is -0.151. The molecule has 1 amide bonds. The Labute approximate surface area is 293 Å². The lowest BCUT2D eigenvalue weighted by Gasteiger charge is -2.30. The highest BCUT2D eigenvalue weighted by Gasteiger charge is 2.45. The van der Waals surface area contributed by atoms with Crippen LogP contribution in [0.1, 0.15) is 86.3 Å². The monoisotopic (exact) mass is 713 g/mol. The van der Waals surface area contributed by atoms with E-state index in [2.05, 4.69) is 23.6 Å². The highest BCUT2D eigenvalue weighted by Crippen LogP contribution is 2.45. The molecule has 3 aromatic carbocycles. The van der Waals surface area contributed by atoms with Gasteiger partial charge in [0.1, 0.15) is 29.5 Å². The van der Waals surface area contributed by atoms with Crippen molar-refractivity contribution >= 4 is 21.7 Å². The van der Waals surface area contributed by atoms with Crippen molar-refractivity contribution in [3.8, 4) is 5.75 Å². The zero-order valence-electron chi connectivity index (χ0n) is 29.0. The molecule has 1 aliphatic rings. The number of aromatic hydroxyl groups is 1. The second-order valence-corrected chi connectivity index (χ2v) is 15.6. The minimum absolute atomic E-state index is 0.0203. The van der Waals surface area contributed by atoms with E-state index in [1.165, 1.54) is 29.8 Å². The van der Waals surface area contributed by atoms with Crippen LogP contribution in [0.15, 0.2) is 66.7 Å². The molecule has 1 saturated carbocycles. The summed E-state index contributed by atoms with van der Waals surface area (Å²) in [5.74, 6) is -4.23. The Morgan fingerprint density at radius 3 is 2.20 bits per heavy atom. The van der Waals surface area contributed by atoms with Gasteiger partial charge in [0.2, 0.25) is 0 Å². The number of amides is 1. The Bertz CT molecular complexity index is 1710. The quantitative estimate of drug-likeness (QED) is 0.120. The molecule has 0 unspecified atom stereocenters. The van der Waals surface area contributed by atoms with Gasteiger partial charge in [-0.05, 0) is 85.5 Å². The van der Waals surface area contributed by atoms with Crippen molar-refractivity contribution in [2.24, 2.45) is 5.73 Å². The van der Waals surface area contributed by atoms with Gasteiger partial charge in [-0.2, -0.15) is 0 Å². The number of nitrogens with two attached hydrogens (primary N) is 1. The van der Waals surface area contributed by atoms with Gasteiger partial charge >= 0.3 is 5.97 Å². The molecule has 0 radical (unpaired) electrons. The Hall–Kier alpha value is -3.87. The molecule has 12 heteroatoms. The van der Waals surface area contributed by atoms with Gasteiger partial charge in [-0.3, -0.25) is 4.79 Å². The summed E-state index contributed by atoms with van der Waals surface area (Å²) >= 11 is 0. The Balaban J connectivity index is 1.63. The van der Waals surface area contributed by atoms with Gasteiger partial charge < -0.3 is 26.2 Å². The van der Waals surface area contributed by atoms with E-state index in [1.54, 1.807) is 0 Å². The van der Waals surface area contributed by atoms with Crippen molar-refractivity contribution in [1.29, 1.82) is 0 Å². The van der Waals surface area contributed by atoms with E-state index in [4.69, 9.17) is 10.5 Å². The van der Waals surface area contributed by atoms with E-state index in [-0.39, 0.29) is 35.4 Å². The smallest absolute Gasteiger partial charge is 0.330 e. The minimum atomic E-state index is -3.90. The number of halogens is 2. The van der Waals surface area contributed by atoms with Crippen LogP contribution in [0.3, 0.4) is 0 Å². The summed E-state index contributed by atoms with van der Waals surface area (Å²) in [6, 6.07) is 14.1. The average Bonchev–Trinajstić information content (AvgIpc) is 3.86. The SMILES string of the molecule is CCCC(CCC)S(=O)(=O)C[C@H](NC(=O)c1cccc(O)c1)C(=O)O[C@H](CNC1(c2cccc(CC)c2)CC1)[C@@H](N)Cc1cc(F)cc(F)c1. The van der Waals surface area contributed by atoms with Gasteiger partial charge in [-0.25, -0.2) is 22.0 Å². The van der Waals surface area contributed by atoms with Gasteiger partial charge in [0.15, 0.2) is 9.84 Å². The van der Waals surface area contributed by atoms with Crippen molar-refractivity contribution in [2.45, 2.75) is 101 Å². The second-order valence-electron chi connectivity index (χ2n) is 13.2. The molecule has 3 aromatic rings. The molecule has 0 aromatic heterocycles. The van der Waals surface area contributed by atoms with Crippen LogP contribution in [0.5, 0.6) is 5.75 Å². The van der Waals surface area contributed by atoms with Crippen LogP contribution < -0.4 is 16.4 Å². The molecule has 3 atom stereocenters. The zero-order valence-corrected chi connectivity index (χ0v) is 29.8. The summed E-state index contributed by atoms with van der Waals surface area (Å²) in [6.07, 6.45) is 3.37. The van der Waals surface area contributed by atoms with Crippen molar-refractivity contribution in [3.63, 3.8) is 0 Å². The summed E-state index contributed by atoms with van der Waals surface area (Å²) in [7, 11) is -3.90. The van der Waals surface area contributed by atoms with Crippen LogP contribution in [-0.4, -0.2) is 61.1 Å². The molecule has 0 heterocycles. The summed E-state index contributed by atoms with van der Waals surface area (Å²) in [5.41, 5.74) is 8.73. The number of carbonyl (C=O) groups excluding carboxylic acids is 2. The number of phenolic OH excluding ortho intramolecular Hbond substituents is 1. The summed E-state index contributed by atoms with van der Waals surface area (Å²) in [6.45, 7) is 5.87. The first-order valence-electron chi connectivity index (χ1n) is 17.4. The van der Waals surface area contributed by atoms with E-state index in [0.717, 1.165) is 43.0 Å². The first kappa shape index (κ1) is 38.9. The summed E-state index contributed by atoms with van der Waals surface area (Å²) in [4.78, 5) is 27.3. The van der Waals surface area contributed by atoms with Crippen molar-refractivity contribution in [3.05, 3.63) is 101 Å². The predicted octanol–water partition coefficient (Wildman–Crippen LogP) is 5.48. The molecule has 0 saturated heterocycles. The van der Waals surface area contributed by atoms with E-state index in [1.807, 2.05) is 32.0 Å². The number of nitrogens with one attached hydrogen (secondary N) is 2. The average molecular weight is 714 g/mol. The number of hydrogen-bond donors (Lipinski definition) is 4. The summed E-state index contributed by atoms with van der Waals surface area (Å²) in [5, 5.41) is 15.2. The Kier molecular flexibility index (Phi) is 13.5. The molecule has 50 heavy (non-hydrogen) atoms. The maximum absolute atomic E-state index is 14.1.